The molecule has 0 saturated heterocycles. The Morgan fingerprint density at radius 3 is 2.92 bits per heavy atom. The molecule has 1 unspecified atom stereocenters. The number of nitrogens with zero attached hydrogens (tertiary/aromatic N) is 3. The molecule has 3 aromatic rings. The highest BCUT2D eigenvalue weighted by Crippen LogP contribution is 2.28. The second-order valence-corrected chi connectivity index (χ2v) is 8.49. The van der Waals surface area contributed by atoms with E-state index >= 15 is 0 Å². The van der Waals surface area contributed by atoms with Crippen LogP contribution in [0, 0.1) is 4.77 Å². The number of benzene rings is 1. The smallest absolute Gasteiger partial charge is 0.202 e. The summed E-state index contributed by atoms with van der Waals surface area (Å²) in [5.41, 5.74) is 2.43. The molecule has 0 bridgehead atoms. The lowest BCUT2D eigenvalue weighted by molar-refractivity contribution is -0.956. The van der Waals surface area contributed by atoms with E-state index in [1.807, 2.05) is 51.9 Å². The molecule has 0 aliphatic carbocycles. The summed E-state index contributed by atoms with van der Waals surface area (Å²) in [5, 5.41) is 7.74. The molecule has 0 amide bonds. The molecule has 26 heavy (non-hydrogen) atoms. The van der Waals surface area contributed by atoms with Crippen molar-refractivity contribution in [2.24, 2.45) is 7.05 Å². The van der Waals surface area contributed by atoms with Gasteiger partial charge in [0.05, 0.1) is 11.6 Å². The number of fused-ring (bicyclic) bond motifs is 1. The van der Waals surface area contributed by atoms with Gasteiger partial charge >= 0.3 is 0 Å². The topological polar surface area (TPSA) is 27.2 Å². The molecular weight excluding hydrogens is 384 g/mol. The SMILES string of the molecule is CC[C@@H]1c2ccsc2CC[NH+]1Cn1nc(-c2ccccc2Cl)n(C)c1=S. The highest BCUT2D eigenvalue weighted by molar-refractivity contribution is 7.71. The summed E-state index contributed by atoms with van der Waals surface area (Å²) >= 11 is 13.9. The number of aromatic nitrogens is 3. The van der Waals surface area contributed by atoms with Crippen molar-refractivity contribution in [1.82, 2.24) is 14.3 Å². The summed E-state index contributed by atoms with van der Waals surface area (Å²) in [6.07, 6.45) is 2.26. The number of thiophene rings is 1. The van der Waals surface area contributed by atoms with Gasteiger partial charge in [0.1, 0.15) is 6.04 Å². The molecule has 1 aliphatic rings. The van der Waals surface area contributed by atoms with E-state index in [0.717, 1.165) is 42.2 Å². The first-order valence-electron chi connectivity index (χ1n) is 8.89. The predicted octanol–water partition coefficient (Wildman–Crippen LogP) is 3.88. The molecule has 136 valence electrons. The van der Waals surface area contributed by atoms with Gasteiger partial charge in [0.25, 0.3) is 0 Å². The molecule has 3 heterocycles. The summed E-state index contributed by atoms with van der Waals surface area (Å²) in [4.78, 5) is 3.07. The molecule has 0 spiro atoms. The molecule has 4 rings (SSSR count). The molecule has 0 saturated carbocycles. The molecular formula is C19H22ClN4S2+. The first-order valence-corrected chi connectivity index (χ1v) is 10.6. The fourth-order valence-electron chi connectivity index (χ4n) is 3.89. The van der Waals surface area contributed by atoms with Crippen molar-refractivity contribution in [1.29, 1.82) is 0 Å². The zero-order valence-corrected chi connectivity index (χ0v) is 17.3. The maximum atomic E-state index is 6.37. The van der Waals surface area contributed by atoms with Crippen molar-refractivity contribution < 1.29 is 4.90 Å². The van der Waals surface area contributed by atoms with Crippen LogP contribution < -0.4 is 4.90 Å². The molecule has 2 atom stereocenters. The van der Waals surface area contributed by atoms with Crippen LogP contribution in [0.2, 0.25) is 5.02 Å². The minimum Gasteiger partial charge on any atom is -0.310 e. The van der Waals surface area contributed by atoms with Gasteiger partial charge in [0, 0.05) is 35.9 Å². The average molecular weight is 406 g/mol. The predicted molar refractivity (Wildman–Crippen MR) is 109 cm³/mol. The third kappa shape index (κ3) is 3.05. The largest absolute Gasteiger partial charge is 0.310 e. The quantitative estimate of drug-likeness (QED) is 0.667. The first-order chi connectivity index (χ1) is 12.6. The lowest BCUT2D eigenvalue weighted by Gasteiger charge is -2.31. The van der Waals surface area contributed by atoms with Crippen molar-refractivity contribution in [3.05, 3.63) is 55.9 Å². The Morgan fingerprint density at radius 1 is 1.35 bits per heavy atom. The summed E-state index contributed by atoms with van der Waals surface area (Å²) in [6, 6.07) is 10.6. The maximum absolute atomic E-state index is 6.37. The van der Waals surface area contributed by atoms with Crippen molar-refractivity contribution in [2.75, 3.05) is 6.54 Å². The molecule has 1 aromatic carbocycles. The van der Waals surface area contributed by atoms with Crippen LogP contribution in [0.3, 0.4) is 0 Å². The maximum Gasteiger partial charge on any atom is 0.202 e. The van der Waals surface area contributed by atoms with Crippen LogP contribution in [0.25, 0.3) is 11.4 Å². The van der Waals surface area contributed by atoms with E-state index in [2.05, 4.69) is 18.4 Å². The van der Waals surface area contributed by atoms with E-state index in [1.165, 1.54) is 10.5 Å². The van der Waals surface area contributed by atoms with Crippen molar-refractivity contribution in [2.45, 2.75) is 32.5 Å². The van der Waals surface area contributed by atoms with Crippen LogP contribution in [0.5, 0.6) is 0 Å². The van der Waals surface area contributed by atoms with Gasteiger partial charge in [0.15, 0.2) is 12.5 Å². The zero-order chi connectivity index (χ0) is 18.3. The van der Waals surface area contributed by atoms with E-state index in [-0.39, 0.29) is 0 Å². The minimum absolute atomic E-state index is 0.512. The molecule has 1 N–H and O–H groups in total. The van der Waals surface area contributed by atoms with Crippen LogP contribution >= 0.6 is 35.2 Å². The van der Waals surface area contributed by atoms with E-state index in [9.17, 15) is 0 Å². The summed E-state index contributed by atoms with van der Waals surface area (Å²) in [7, 11) is 1.96. The Bertz CT molecular complexity index is 988. The third-order valence-electron chi connectivity index (χ3n) is 5.24. The fraction of sp³-hybridized carbons (Fsp3) is 0.368. The van der Waals surface area contributed by atoms with Crippen molar-refractivity contribution in [3.63, 3.8) is 0 Å². The van der Waals surface area contributed by atoms with E-state index in [0.29, 0.717) is 11.1 Å². The first kappa shape index (κ1) is 17.9. The monoisotopic (exact) mass is 405 g/mol. The highest BCUT2D eigenvalue weighted by Gasteiger charge is 2.31. The number of quaternary nitrogens is 1. The Balaban J connectivity index is 1.67. The fourth-order valence-corrected chi connectivity index (χ4v) is 5.25. The normalized spacial score (nSPS) is 19.5. The molecule has 7 heteroatoms. The van der Waals surface area contributed by atoms with Crippen LogP contribution in [0.15, 0.2) is 35.7 Å². The second kappa shape index (κ2) is 7.27. The third-order valence-corrected chi connectivity index (χ3v) is 7.05. The number of nitrogens with one attached hydrogen (secondary N) is 1. The summed E-state index contributed by atoms with van der Waals surface area (Å²) < 4.78 is 4.65. The standard InChI is InChI=1S/C19H21ClN4S2/c1-3-16-14-9-11-26-17(14)8-10-23(16)12-24-19(25)22(2)18(21-24)13-6-4-5-7-15(13)20/h4-7,9,11,16H,3,8,10,12H2,1-2H3/p+1/t16-/m1/s1. The van der Waals surface area contributed by atoms with Gasteiger partial charge in [-0.3, -0.25) is 0 Å². The van der Waals surface area contributed by atoms with Crippen LogP contribution in [0.1, 0.15) is 29.8 Å². The summed E-state index contributed by atoms with van der Waals surface area (Å²) in [5.74, 6) is 0.821. The molecule has 2 aromatic heterocycles. The average Bonchev–Trinajstić information content (AvgIpc) is 3.22. The van der Waals surface area contributed by atoms with Crippen LogP contribution in [-0.4, -0.2) is 20.9 Å². The summed E-state index contributed by atoms with van der Waals surface area (Å²) in [6.45, 7) is 4.17. The Morgan fingerprint density at radius 2 is 2.15 bits per heavy atom. The van der Waals surface area contributed by atoms with Gasteiger partial charge in [-0.1, -0.05) is 30.7 Å². The van der Waals surface area contributed by atoms with Gasteiger partial charge in [-0.15, -0.1) is 16.4 Å². The number of rotatable bonds is 4. The number of hydrogen-bond donors (Lipinski definition) is 1. The minimum atomic E-state index is 0.512. The van der Waals surface area contributed by atoms with Gasteiger partial charge in [-0.05, 0) is 35.8 Å². The number of halogens is 1. The molecule has 1 aliphatic heterocycles. The van der Waals surface area contributed by atoms with Crippen molar-refractivity contribution >= 4 is 35.2 Å². The Kier molecular flexibility index (Phi) is 5.01. The number of hydrogen-bond acceptors (Lipinski definition) is 3. The van der Waals surface area contributed by atoms with Gasteiger partial charge in [-0.2, -0.15) is 4.68 Å². The highest BCUT2D eigenvalue weighted by atomic mass is 35.5. The van der Waals surface area contributed by atoms with Gasteiger partial charge in [0.2, 0.25) is 4.77 Å². The zero-order valence-electron chi connectivity index (χ0n) is 14.9. The molecule has 4 nitrogen and oxygen atoms in total. The van der Waals surface area contributed by atoms with Gasteiger partial charge in [-0.25, -0.2) is 0 Å². The lowest BCUT2D eigenvalue weighted by Crippen LogP contribution is -3.12. The van der Waals surface area contributed by atoms with E-state index in [1.54, 1.807) is 4.88 Å². The van der Waals surface area contributed by atoms with Gasteiger partial charge < -0.3 is 9.47 Å². The molecule has 0 radical (unpaired) electrons. The Hall–Kier alpha value is -1.47. The van der Waals surface area contributed by atoms with Crippen LogP contribution in [0.4, 0.5) is 0 Å². The second-order valence-electron chi connectivity index (χ2n) is 6.72. The Labute approximate surface area is 167 Å². The van der Waals surface area contributed by atoms with Crippen molar-refractivity contribution in [3.8, 4) is 11.4 Å². The molecule has 0 fully saturated rings. The van der Waals surface area contributed by atoms with E-state index in [4.69, 9.17) is 28.9 Å². The van der Waals surface area contributed by atoms with E-state index < -0.39 is 0 Å². The lowest BCUT2D eigenvalue weighted by atomic mass is 9.98. The van der Waals surface area contributed by atoms with Crippen LogP contribution in [-0.2, 0) is 20.1 Å².